The molecule has 0 spiro atoms. The van der Waals surface area contributed by atoms with Crippen LogP contribution in [0.1, 0.15) is 16.7 Å². The molecule has 0 bridgehead atoms. The van der Waals surface area contributed by atoms with Gasteiger partial charge in [0.05, 0.1) is 5.02 Å². The number of halogens is 2. The fourth-order valence-electron chi connectivity index (χ4n) is 1.25. The molecule has 0 fully saturated rings. The van der Waals surface area contributed by atoms with E-state index in [-0.39, 0.29) is 10.8 Å². The highest BCUT2D eigenvalue weighted by atomic mass is 35.5. The van der Waals surface area contributed by atoms with E-state index in [0.717, 1.165) is 11.1 Å². The van der Waals surface area contributed by atoms with Crippen LogP contribution in [0.5, 0.6) is 0 Å². The van der Waals surface area contributed by atoms with Crippen molar-refractivity contribution in [3.05, 3.63) is 39.7 Å². The Balaban J connectivity index is 3.32. The molecule has 0 aliphatic carbocycles. The zero-order chi connectivity index (χ0) is 10.7. The molecule has 1 aromatic rings. The molecule has 0 saturated heterocycles. The maximum atomic E-state index is 13.5. The predicted molar refractivity (Wildman–Crippen MR) is 59.0 cm³/mol. The lowest BCUT2D eigenvalue weighted by molar-refractivity contribution is 0.623. The van der Waals surface area contributed by atoms with Crippen LogP contribution in [0.15, 0.2) is 12.1 Å². The van der Waals surface area contributed by atoms with E-state index in [4.69, 9.17) is 17.3 Å². The molecule has 14 heavy (non-hydrogen) atoms. The Kier molecular flexibility index (Phi) is 3.67. The van der Waals surface area contributed by atoms with Gasteiger partial charge in [0.25, 0.3) is 0 Å². The maximum Gasteiger partial charge on any atom is 0.149 e. The van der Waals surface area contributed by atoms with E-state index < -0.39 is 0 Å². The van der Waals surface area contributed by atoms with Crippen LogP contribution in [0.2, 0.25) is 5.02 Å². The monoisotopic (exact) mass is 213 g/mol. The molecule has 0 heterocycles. The average Bonchev–Trinajstić information content (AvgIpc) is 2.15. The van der Waals surface area contributed by atoms with E-state index in [2.05, 4.69) is 0 Å². The van der Waals surface area contributed by atoms with E-state index in [1.807, 2.05) is 13.8 Å². The first kappa shape index (κ1) is 11.2. The van der Waals surface area contributed by atoms with Crippen molar-refractivity contribution in [2.75, 3.05) is 6.54 Å². The lowest BCUT2D eigenvalue weighted by atomic mass is 10.0. The number of nitrogens with two attached hydrogens (primary N) is 1. The Hall–Kier alpha value is -0.860. The number of rotatable bonds is 2. The van der Waals surface area contributed by atoms with Gasteiger partial charge >= 0.3 is 0 Å². The van der Waals surface area contributed by atoms with Gasteiger partial charge in [0.2, 0.25) is 0 Å². The van der Waals surface area contributed by atoms with Crippen molar-refractivity contribution in [2.24, 2.45) is 5.73 Å². The third-order valence-corrected chi connectivity index (χ3v) is 2.48. The van der Waals surface area contributed by atoms with Gasteiger partial charge in [0.1, 0.15) is 5.82 Å². The molecule has 1 rings (SSSR count). The molecule has 2 N–H and O–H groups in total. The molecule has 0 radical (unpaired) electrons. The minimum absolute atomic E-state index is 0.157. The SMILES string of the molecule is Cc1cc(Cl)c(F)c(/C=C/CN)c1C. The Bertz CT molecular complexity index is 346. The molecule has 3 heteroatoms. The van der Waals surface area contributed by atoms with E-state index >= 15 is 0 Å². The van der Waals surface area contributed by atoms with Gasteiger partial charge in [-0.25, -0.2) is 4.39 Å². The first-order chi connectivity index (χ1) is 6.57. The number of hydrogen-bond acceptors (Lipinski definition) is 1. The molecular weight excluding hydrogens is 201 g/mol. The van der Waals surface area contributed by atoms with Crippen LogP contribution in [0.25, 0.3) is 6.08 Å². The summed E-state index contributed by atoms with van der Waals surface area (Å²) < 4.78 is 13.5. The summed E-state index contributed by atoms with van der Waals surface area (Å²) in [5.41, 5.74) is 7.72. The molecule has 1 nitrogen and oxygen atoms in total. The van der Waals surface area contributed by atoms with Gasteiger partial charge in [-0.15, -0.1) is 0 Å². The molecular formula is C11H13ClFN. The van der Waals surface area contributed by atoms with Crippen molar-refractivity contribution < 1.29 is 4.39 Å². The van der Waals surface area contributed by atoms with E-state index in [1.54, 1.807) is 18.2 Å². The van der Waals surface area contributed by atoms with Crippen molar-refractivity contribution in [1.82, 2.24) is 0 Å². The standard InChI is InChI=1S/C11H13ClFN/c1-7-6-10(12)11(13)9(8(7)2)4-3-5-14/h3-4,6H,5,14H2,1-2H3/b4-3+. The molecule has 0 aliphatic rings. The molecule has 76 valence electrons. The Morgan fingerprint density at radius 1 is 1.50 bits per heavy atom. The van der Waals surface area contributed by atoms with Gasteiger partial charge in [0, 0.05) is 12.1 Å². The molecule has 0 amide bonds. The minimum atomic E-state index is -0.375. The number of aryl methyl sites for hydroxylation is 1. The lowest BCUT2D eigenvalue weighted by Crippen LogP contribution is -1.96. The van der Waals surface area contributed by atoms with Crippen molar-refractivity contribution in [2.45, 2.75) is 13.8 Å². The van der Waals surface area contributed by atoms with Crippen LogP contribution in [0.3, 0.4) is 0 Å². The predicted octanol–water partition coefficient (Wildman–Crippen LogP) is 3.07. The summed E-state index contributed by atoms with van der Waals surface area (Å²) >= 11 is 5.73. The van der Waals surface area contributed by atoms with Crippen LogP contribution >= 0.6 is 11.6 Å². The maximum absolute atomic E-state index is 13.5. The highest BCUT2D eigenvalue weighted by Gasteiger charge is 2.09. The summed E-state index contributed by atoms with van der Waals surface area (Å²) in [6.07, 6.45) is 3.38. The summed E-state index contributed by atoms with van der Waals surface area (Å²) in [5.74, 6) is -0.375. The van der Waals surface area contributed by atoms with Crippen molar-refractivity contribution in [1.29, 1.82) is 0 Å². The molecule has 0 saturated carbocycles. The van der Waals surface area contributed by atoms with Gasteiger partial charge in [-0.3, -0.25) is 0 Å². The van der Waals surface area contributed by atoms with Gasteiger partial charge in [-0.2, -0.15) is 0 Å². The van der Waals surface area contributed by atoms with E-state index in [9.17, 15) is 4.39 Å². The second-order valence-corrected chi connectivity index (χ2v) is 3.57. The third kappa shape index (κ3) is 2.14. The second kappa shape index (κ2) is 4.58. The Morgan fingerprint density at radius 3 is 2.71 bits per heavy atom. The van der Waals surface area contributed by atoms with Gasteiger partial charge in [0.15, 0.2) is 0 Å². The van der Waals surface area contributed by atoms with Gasteiger partial charge in [-0.05, 0) is 31.0 Å². The molecule has 0 unspecified atom stereocenters. The molecule has 0 aromatic heterocycles. The van der Waals surface area contributed by atoms with Crippen LogP contribution in [0, 0.1) is 19.7 Å². The first-order valence-electron chi connectivity index (χ1n) is 4.39. The largest absolute Gasteiger partial charge is 0.327 e. The van der Waals surface area contributed by atoms with Crippen molar-refractivity contribution in [3.8, 4) is 0 Å². The quantitative estimate of drug-likeness (QED) is 0.803. The average molecular weight is 214 g/mol. The molecule has 1 aromatic carbocycles. The normalized spacial score (nSPS) is 11.2. The Morgan fingerprint density at radius 2 is 2.14 bits per heavy atom. The fraction of sp³-hybridized carbons (Fsp3) is 0.273. The smallest absolute Gasteiger partial charge is 0.149 e. The van der Waals surface area contributed by atoms with Crippen LogP contribution in [-0.4, -0.2) is 6.54 Å². The highest BCUT2D eigenvalue weighted by Crippen LogP contribution is 2.25. The summed E-state index contributed by atoms with van der Waals surface area (Å²) in [5, 5.41) is 0.157. The van der Waals surface area contributed by atoms with Crippen LogP contribution in [-0.2, 0) is 0 Å². The van der Waals surface area contributed by atoms with Crippen LogP contribution in [0.4, 0.5) is 4.39 Å². The first-order valence-corrected chi connectivity index (χ1v) is 4.77. The Labute approximate surface area is 88.4 Å². The van der Waals surface area contributed by atoms with Crippen molar-refractivity contribution in [3.63, 3.8) is 0 Å². The zero-order valence-corrected chi connectivity index (χ0v) is 9.03. The fourth-order valence-corrected chi connectivity index (χ4v) is 1.52. The summed E-state index contributed by atoms with van der Waals surface area (Å²) in [4.78, 5) is 0. The van der Waals surface area contributed by atoms with Crippen molar-refractivity contribution >= 4 is 17.7 Å². The second-order valence-electron chi connectivity index (χ2n) is 3.17. The van der Waals surface area contributed by atoms with E-state index in [0.29, 0.717) is 12.1 Å². The van der Waals surface area contributed by atoms with Gasteiger partial charge in [-0.1, -0.05) is 23.8 Å². The van der Waals surface area contributed by atoms with Gasteiger partial charge < -0.3 is 5.73 Å². The molecule has 0 aliphatic heterocycles. The van der Waals surface area contributed by atoms with E-state index in [1.165, 1.54) is 0 Å². The molecule has 0 atom stereocenters. The summed E-state index contributed by atoms with van der Waals surface area (Å²) in [6.45, 7) is 4.16. The minimum Gasteiger partial charge on any atom is -0.327 e. The number of benzene rings is 1. The topological polar surface area (TPSA) is 26.0 Å². The van der Waals surface area contributed by atoms with Crippen LogP contribution < -0.4 is 5.73 Å². The zero-order valence-electron chi connectivity index (χ0n) is 8.27. The highest BCUT2D eigenvalue weighted by molar-refractivity contribution is 6.31. The summed E-state index contributed by atoms with van der Waals surface area (Å²) in [7, 11) is 0. The summed E-state index contributed by atoms with van der Waals surface area (Å²) in [6, 6.07) is 1.63. The number of hydrogen-bond donors (Lipinski definition) is 1. The third-order valence-electron chi connectivity index (χ3n) is 2.21. The lowest BCUT2D eigenvalue weighted by Gasteiger charge is -2.07.